The van der Waals surface area contributed by atoms with Crippen LogP contribution in [0, 0.1) is 0 Å². The number of nitrogens with one attached hydrogen (secondary N) is 1. The zero-order valence-electron chi connectivity index (χ0n) is 21.2. The van der Waals surface area contributed by atoms with E-state index < -0.39 is 0 Å². The molecule has 0 saturated heterocycles. The second kappa shape index (κ2) is 9.67. The van der Waals surface area contributed by atoms with Crippen molar-refractivity contribution in [1.29, 1.82) is 0 Å². The number of rotatable bonds is 3. The van der Waals surface area contributed by atoms with Crippen molar-refractivity contribution in [2.75, 3.05) is 17.3 Å². The lowest BCUT2D eigenvalue weighted by molar-refractivity contribution is 0.253. The fourth-order valence-electron chi connectivity index (χ4n) is 5.34. The molecule has 0 amide bonds. The minimum absolute atomic E-state index is 0.202. The predicted octanol–water partition coefficient (Wildman–Crippen LogP) is 6.79. The first-order valence-electron chi connectivity index (χ1n) is 12.8. The van der Waals surface area contributed by atoms with E-state index in [4.69, 9.17) is 16.5 Å². The standard InChI is InChI=1S/C30H26N6.CH4S/c31-22-14-10-19(11-15-22)26-27(20-8-12-21(13-9-20)30(32)16-4-17-30)36-25-7-3-18-33-28(25)34-24-6-2-1-5-23(24)29(36)35-26;1-2/h1-3,5-15,18H,4,16-17,31-32H2,(H,33,34);2H,1H3. The molecule has 1 aliphatic carbocycles. The first-order valence-corrected chi connectivity index (χ1v) is 13.7. The second-order valence-electron chi connectivity index (χ2n) is 9.72. The highest BCUT2D eigenvalue weighted by atomic mass is 32.1. The maximum Gasteiger partial charge on any atom is 0.154 e. The number of pyridine rings is 1. The number of imidazole rings is 1. The van der Waals surface area contributed by atoms with Gasteiger partial charge in [0.25, 0.3) is 0 Å². The van der Waals surface area contributed by atoms with Gasteiger partial charge in [0.1, 0.15) is 5.82 Å². The second-order valence-corrected chi connectivity index (χ2v) is 9.72. The summed E-state index contributed by atoms with van der Waals surface area (Å²) in [4.78, 5) is 9.93. The molecule has 1 saturated carbocycles. The molecule has 3 heterocycles. The molecule has 1 fully saturated rings. The Morgan fingerprint density at radius 2 is 1.58 bits per heavy atom. The lowest BCUT2D eigenvalue weighted by atomic mass is 9.72. The average Bonchev–Trinajstić information content (AvgIpc) is 3.28. The normalized spacial score (nSPS) is 14.4. The van der Waals surface area contributed by atoms with Crippen LogP contribution in [0.25, 0.3) is 39.6 Å². The number of nitrogens with two attached hydrogens (primary N) is 2. The number of benzene rings is 3. The number of fused-ring (bicyclic) bond motifs is 5. The van der Waals surface area contributed by atoms with E-state index >= 15 is 0 Å². The van der Waals surface area contributed by atoms with Gasteiger partial charge in [-0.05, 0) is 67.5 Å². The van der Waals surface area contributed by atoms with Crippen LogP contribution >= 0.6 is 12.6 Å². The van der Waals surface area contributed by atoms with Crippen molar-refractivity contribution in [3.05, 3.63) is 96.7 Å². The van der Waals surface area contributed by atoms with E-state index in [0.29, 0.717) is 0 Å². The molecule has 0 radical (unpaired) electrons. The monoisotopic (exact) mass is 518 g/mol. The fraction of sp³-hybridized carbons (Fsp3) is 0.161. The van der Waals surface area contributed by atoms with Crippen LogP contribution in [0.4, 0.5) is 17.2 Å². The van der Waals surface area contributed by atoms with Crippen LogP contribution < -0.4 is 16.8 Å². The Morgan fingerprint density at radius 1 is 0.868 bits per heavy atom. The topological polar surface area (TPSA) is 94.8 Å². The van der Waals surface area contributed by atoms with Crippen LogP contribution in [0.3, 0.4) is 0 Å². The number of thiol groups is 1. The summed E-state index contributed by atoms with van der Waals surface area (Å²) in [5.74, 6) is 1.66. The highest BCUT2D eigenvalue weighted by Gasteiger charge is 2.34. The molecule has 0 spiro atoms. The number of nitrogen functional groups attached to an aromatic ring is 1. The van der Waals surface area contributed by atoms with Gasteiger partial charge in [-0.15, -0.1) is 0 Å². The molecule has 3 aromatic carbocycles. The molecule has 7 heteroatoms. The number of para-hydroxylation sites is 1. The first-order chi connectivity index (χ1) is 18.6. The van der Waals surface area contributed by atoms with Gasteiger partial charge in [-0.3, -0.25) is 4.57 Å². The average molecular weight is 519 g/mol. The molecule has 6 nitrogen and oxygen atoms in total. The van der Waals surface area contributed by atoms with Gasteiger partial charge in [-0.25, -0.2) is 9.97 Å². The minimum Gasteiger partial charge on any atom is -0.399 e. The Bertz CT molecular complexity index is 1600. The van der Waals surface area contributed by atoms with Gasteiger partial charge >= 0.3 is 0 Å². The van der Waals surface area contributed by atoms with Crippen molar-refractivity contribution in [1.82, 2.24) is 14.5 Å². The van der Waals surface area contributed by atoms with E-state index in [9.17, 15) is 0 Å². The Balaban J connectivity index is 0.00000129. The van der Waals surface area contributed by atoms with Crippen molar-refractivity contribution in [2.45, 2.75) is 24.8 Å². The highest BCUT2D eigenvalue weighted by Crippen LogP contribution is 2.45. The summed E-state index contributed by atoms with van der Waals surface area (Å²) in [5.41, 5.74) is 21.3. The maximum atomic E-state index is 6.63. The van der Waals surface area contributed by atoms with Crippen LogP contribution in [0.15, 0.2) is 91.1 Å². The molecule has 0 bridgehead atoms. The van der Waals surface area contributed by atoms with E-state index in [1.165, 1.54) is 12.0 Å². The van der Waals surface area contributed by atoms with Crippen molar-refractivity contribution >= 4 is 29.8 Å². The van der Waals surface area contributed by atoms with Gasteiger partial charge < -0.3 is 16.8 Å². The third-order valence-electron chi connectivity index (χ3n) is 7.49. The molecule has 0 unspecified atom stereocenters. The lowest BCUT2D eigenvalue weighted by Crippen LogP contribution is -2.43. The maximum absolute atomic E-state index is 6.63. The zero-order valence-corrected chi connectivity index (χ0v) is 22.1. The number of hydrogen-bond acceptors (Lipinski definition) is 6. The summed E-state index contributed by atoms with van der Waals surface area (Å²) < 4.78 is 2.23. The SMILES string of the molecule is CS.Nc1ccc(-c2nc3n(c2-c2ccc(C4(N)CCC4)cc2)-c2cccnc2Nc2ccccc2-3)cc1. The van der Waals surface area contributed by atoms with Crippen molar-refractivity contribution in [3.8, 4) is 39.6 Å². The van der Waals surface area contributed by atoms with Crippen LogP contribution in [0.1, 0.15) is 24.8 Å². The molecule has 0 atom stereocenters. The van der Waals surface area contributed by atoms with Gasteiger partial charge in [-0.1, -0.05) is 48.5 Å². The lowest BCUT2D eigenvalue weighted by Gasteiger charge is -2.38. The Kier molecular flexibility index (Phi) is 6.18. The van der Waals surface area contributed by atoms with E-state index in [2.05, 4.69) is 70.0 Å². The van der Waals surface area contributed by atoms with Gasteiger partial charge in [0.05, 0.1) is 22.8 Å². The van der Waals surface area contributed by atoms with Crippen LogP contribution in [0.2, 0.25) is 0 Å². The Morgan fingerprint density at radius 3 is 2.29 bits per heavy atom. The molecule has 1 aliphatic heterocycles. The summed E-state index contributed by atoms with van der Waals surface area (Å²) >= 11 is 3.53. The highest BCUT2D eigenvalue weighted by molar-refractivity contribution is 7.79. The smallest absolute Gasteiger partial charge is 0.154 e. The molecule has 190 valence electrons. The summed E-state index contributed by atoms with van der Waals surface area (Å²) in [5, 5.41) is 3.52. The van der Waals surface area contributed by atoms with Crippen LogP contribution in [0.5, 0.6) is 0 Å². The van der Waals surface area contributed by atoms with Crippen molar-refractivity contribution in [3.63, 3.8) is 0 Å². The third-order valence-corrected chi connectivity index (χ3v) is 7.49. The van der Waals surface area contributed by atoms with Crippen LogP contribution in [-0.2, 0) is 5.54 Å². The Labute approximate surface area is 228 Å². The molecule has 38 heavy (non-hydrogen) atoms. The van der Waals surface area contributed by atoms with Gasteiger partial charge in [-0.2, -0.15) is 12.6 Å². The molecule has 5 N–H and O–H groups in total. The van der Waals surface area contributed by atoms with E-state index in [0.717, 1.165) is 69.6 Å². The minimum atomic E-state index is -0.202. The molecule has 2 aromatic heterocycles. The molecule has 7 rings (SSSR count). The summed E-state index contributed by atoms with van der Waals surface area (Å²) in [6.07, 6.45) is 6.76. The predicted molar refractivity (Wildman–Crippen MR) is 160 cm³/mol. The van der Waals surface area contributed by atoms with E-state index in [-0.39, 0.29) is 5.54 Å². The van der Waals surface area contributed by atoms with Gasteiger partial charge in [0.15, 0.2) is 5.82 Å². The Hall–Kier alpha value is -4.07. The summed E-state index contributed by atoms with van der Waals surface area (Å²) in [6.45, 7) is 0. The molecular weight excluding hydrogens is 488 g/mol. The third kappa shape index (κ3) is 3.95. The number of hydrogen-bond donors (Lipinski definition) is 4. The van der Waals surface area contributed by atoms with Gasteiger partial charge in [0, 0.05) is 34.1 Å². The number of nitrogens with zero attached hydrogens (tertiary/aromatic N) is 3. The largest absolute Gasteiger partial charge is 0.399 e. The van der Waals surface area contributed by atoms with E-state index in [1.54, 1.807) is 6.26 Å². The van der Waals surface area contributed by atoms with Crippen molar-refractivity contribution in [2.24, 2.45) is 5.73 Å². The zero-order chi connectivity index (χ0) is 26.3. The molecular formula is C31H30N6S. The molecule has 5 aromatic rings. The molecule has 2 aliphatic rings. The van der Waals surface area contributed by atoms with Crippen molar-refractivity contribution < 1.29 is 0 Å². The number of aromatic nitrogens is 3. The summed E-state index contributed by atoms with van der Waals surface area (Å²) in [7, 11) is 0. The van der Waals surface area contributed by atoms with Gasteiger partial charge in [0.2, 0.25) is 0 Å². The summed E-state index contributed by atoms with van der Waals surface area (Å²) in [6, 6.07) is 28.9. The van der Waals surface area contributed by atoms with E-state index in [1.807, 2.05) is 48.7 Å². The van der Waals surface area contributed by atoms with Crippen LogP contribution in [-0.4, -0.2) is 20.8 Å². The first kappa shape index (κ1) is 24.3. The number of anilines is 3. The fourth-order valence-corrected chi connectivity index (χ4v) is 5.34. The quantitative estimate of drug-likeness (QED) is 0.153.